The monoisotopic (exact) mass is 405 g/mol. The summed E-state index contributed by atoms with van der Waals surface area (Å²) in [5.74, 6) is 1.84. The fourth-order valence-corrected chi connectivity index (χ4v) is 4.50. The highest BCUT2D eigenvalue weighted by molar-refractivity contribution is 6.00. The number of nitrogens with zero attached hydrogens (tertiary/aromatic N) is 1. The van der Waals surface area contributed by atoms with Crippen molar-refractivity contribution in [2.75, 3.05) is 19.6 Å². The lowest BCUT2D eigenvalue weighted by Gasteiger charge is -2.18. The van der Waals surface area contributed by atoms with E-state index in [0.717, 1.165) is 48.8 Å². The molecule has 1 aliphatic carbocycles. The van der Waals surface area contributed by atoms with Crippen LogP contribution >= 0.6 is 0 Å². The maximum atomic E-state index is 13.6. The molecule has 154 valence electrons. The van der Waals surface area contributed by atoms with Crippen LogP contribution < -0.4 is 9.47 Å². The molecule has 1 fully saturated rings. The predicted molar refractivity (Wildman–Crippen MR) is 114 cm³/mol. The number of hydrogen-bond acceptors (Lipinski definition) is 4. The summed E-state index contributed by atoms with van der Waals surface area (Å²) < 4.78 is 24.5. The zero-order valence-corrected chi connectivity index (χ0v) is 16.8. The van der Waals surface area contributed by atoms with Crippen LogP contribution in [0.2, 0.25) is 0 Å². The molecule has 0 aromatic heterocycles. The molecule has 0 N–H and O–H groups in total. The molecule has 2 aromatic carbocycles. The second kappa shape index (κ2) is 8.07. The van der Waals surface area contributed by atoms with Gasteiger partial charge in [0, 0.05) is 31.5 Å². The molecule has 0 spiro atoms. The van der Waals surface area contributed by atoms with E-state index in [-0.39, 0.29) is 11.6 Å². The van der Waals surface area contributed by atoms with Crippen molar-refractivity contribution in [2.24, 2.45) is 5.92 Å². The predicted octanol–water partition coefficient (Wildman–Crippen LogP) is 5.55. The molecule has 30 heavy (non-hydrogen) atoms. The molecule has 1 saturated heterocycles. The van der Waals surface area contributed by atoms with E-state index >= 15 is 0 Å². The largest absolute Gasteiger partial charge is 0.458 e. The first kappa shape index (κ1) is 19.1. The van der Waals surface area contributed by atoms with Crippen LogP contribution in [0.1, 0.15) is 36.0 Å². The van der Waals surface area contributed by atoms with Crippen LogP contribution in [0.15, 0.2) is 66.4 Å². The highest BCUT2D eigenvalue weighted by Crippen LogP contribution is 2.35. The quantitative estimate of drug-likeness (QED) is 0.612. The summed E-state index contributed by atoms with van der Waals surface area (Å²) in [5.41, 5.74) is 1.84. The van der Waals surface area contributed by atoms with Gasteiger partial charge in [-0.3, -0.25) is 4.79 Å². The van der Waals surface area contributed by atoms with E-state index in [2.05, 4.69) is 11.0 Å². The number of rotatable bonds is 5. The molecule has 2 aliphatic heterocycles. The molecule has 1 unspecified atom stereocenters. The van der Waals surface area contributed by atoms with Crippen LogP contribution in [0.25, 0.3) is 10.8 Å². The zero-order valence-electron chi connectivity index (χ0n) is 16.8. The van der Waals surface area contributed by atoms with Crippen molar-refractivity contribution in [3.63, 3.8) is 0 Å². The molecule has 3 aliphatic rings. The molecule has 0 bridgehead atoms. The van der Waals surface area contributed by atoms with Gasteiger partial charge in [-0.1, -0.05) is 18.2 Å². The van der Waals surface area contributed by atoms with Gasteiger partial charge in [-0.15, -0.1) is 0 Å². The highest BCUT2D eigenvalue weighted by Gasteiger charge is 2.26. The van der Waals surface area contributed by atoms with E-state index in [0.29, 0.717) is 35.8 Å². The Labute approximate surface area is 175 Å². The van der Waals surface area contributed by atoms with Crippen molar-refractivity contribution in [2.45, 2.75) is 25.7 Å². The van der Waals surface area contributed by atoms with E-state index in [4.69, 9.17) is 9.47 Å². The maximum Gasteiger partial charge on any atom is 0.169 e. The van der Waals surface area contributed by atoms with Gasteiger partial charge in [0.25, 0.3) is 0 Å². The first-order chi connectivity index (χ1) is 14.7. The van der Waals surface area contributed by atoms with Gasteiger partial charge in [0.1, 0.15) is 18.4 Å². The zero-order chi connectivity index (χ0) is 20.5. The molecular formula is C25H24FNO3. The third kappa shape index (κ3) is 3.90. The molecule has 2 aromatic rings. The minimum Gasteiger partial charge on any atom is -0.458 e. The second-order valence-electron chi connectivity index (χ2n) is 8.16. The Morgan fingerprint density at radius 1 is 1.10 bits per heavy atom. The number of carbonyl (C=O) groups is 1. The Morgan fingerprint density at radius 3 is 2.70 bits per heavy atom. The van der Waals surface area contributed by atoms with Crippen LogP contribution in [-0.4, -0.2) is 30.3 Å². The molecule has 0 amide bonds. The van der Waals surface area contributed by atoms with Crippen LogP contribution in [0.5, 0.6) is 11.5 Å². The van der Waals surface area contributed by atoms with Crippen LogP contribution in [-0.2, 0) is 0 Å². The summed E-state index contributed by atoms with van der Waals surface area (Å²) in [6.07, 6.45) is 9.72. The van der Waals surface area contributed by atoms with Gasteiger partial charge in [-0.2, -0.15) is 0 Å². The first-order valence-electron chi connectivity index (χ1n) is 10.5. The average Bonchev–Trinajstić information content (AvgIpc) is 3.25. The number of ether oxygens (including phenoxy) is 2. The summed E-state index contributed by atoms with van der Waals surface area (Å²) in [6.45, 7) is 2.59. The van der Waals surface area contributed by atoms with Crippen molar-refractivity contribution in [3.05, 3.63) is 72.0 Å². The molecule has 5 heteroatoms. The Morgan fingerprint density at radius 2 is 1.90 bits per heavy atom. The van der Waals surface area contributed by atoms with Crippen LogP contribution in [0.4, 0.5) is 4.39 Å². The van der Waals surface area contributed by atoms with E-state index < -0.39 is 0 Å². The normalized spacial score (nSPS) is 20.9. The van der Waals surface area contributed by atoms with Gasteiger partial charge in [0.2, 0.25) is 0 Å². The number of carbonyl (C=O) groups excluding carboxylic acids is 1. The number of hydrogen-bond donors (Lipinski definition) is 0. The molecule has 4 nitrogen and oxygen atoms in total. The number of likely N-dealkylation sites (tertiary alicyclic amines) is 1. The van der Waals surface area contributed by atoms with Crippen molar-refractivity contribution in [1.29, 1.82) is 0 Å². The van der Waals surface area contributed by atoms with Gasteiger partial charge in [0.05, 0.1) is 0 Å². The summed E-state index contributed by atoms with van der Waals surface area (Å²) in [6, 6.07) is 9.58. The van der Waals surface area contributed by atoms with Gasteiger partial charge in [-0.05, 0) is 65.9 Å². The van der Waals surface area contributed by atoms with Gasteiger partial charge >= 0.3 is 0 Å². The van der Waals surface area contributed by atoms with E-state index in [1.807, 2.05) is 30.3 Å². The minimum absolute atomic E-state index is 0.00770. The van der Waals surface area contributed by atoms with Gasteiger partial charge < -0.3 is 14.4 Å². The molecule has 1 atom stereocenters. The van der Waals surface area contributed by atoms with Crippen LogP contribution in [0.3, 0.4) is 0 Å². The topological polar surface area (TPSA) is 38.8 Å². The number of ketones is 1. The summed E-state index contributed by atoms with van der Waals surface area (Å²) in [4.78, 5) is 15.1. The first-order valence-corrected chi connectivity index (χ1v) is 10.5. The van der Waals surface area contributed by atoms with Crippen molar-refractivity contribution in [3.8, 4) is 11.5 Å². The number of Topliss-reactive ketones (excluding diaryl/α,β-unsaturated/α-hetero) is 1. The van der Waals surface area contributed by atoms with Crippen molar-refractivity contribution < 1.29 is 18.7 Å². The van der Waals surface area contributed by atoms with Gasteiger partial charge in [-0.25, -0.2) is 4.39 Å². The third-order valence-electron chi connectivity index (χ3n) is 6.16. The van der Waals surface area contributed by atoms with E-state index in [1.165, 1.54) is 12.5 Å². The number of fused-ring (bicyclic) bond motifs is 2. The number of benzene rings is 2. The summed E-state index contributed by atoms with van der Waals surface area (Å²) in [5, 5.41) is 1.96. The van der Waals surface area contributed by atoms with E-state index in [9.17, 15) is 9.18 Å². The fourth-order valence-electron chi connectivity index (χ4n) is 4.50. The Kier molecular flexibility index (Phi) is 5.13. The standard InChI is InChI=1S/C25H24FNO3/c26-22-3-1-2-17(13-22)20-6-8-27(16-20)9-7-23(28)19-5-4-18-14-24-25(15-21(18)12-19)30-11-10-29-24/h2,4-5,10-15,20H,1,3,6-9,16H2. The maximum absolute atomic E-state index is 13.6. The molecule has 5 rings (SSSR count). The van der Waals surface area contributed by atoms with Crippen LogP contribution in [0, 0.1) is 5.92 Å². The Hall–Kier alpha value is -2.92. The van der Waals surface area contributed by atoms with Gasteiger partial charge in [0.15, 0.2) is 17.3 Å². The van der Waals surface area contributed by atoms with E-state index in [1.54, 1.807) is 6.08 Å². The lowest BCUT2D eigenvalue weighted by atomic mass is 9.93. The fraction of sp³-hybridized carbons (Fsp3) is 0.320. The number of allylic oxidation sites excluding steroid dienone is 3. The summed E-state index contributed by atoms with van der Waals surface area (Å²) >= 11 is 0. The Balaban J connectivity index is 1.22. The van der Waals surface area contributed by atoms with Crippen molar-refractivity contribution in [1.82, 2.24) is 4.90 Å². The minimum atomic E-state index is -0.00770. The SMILES string of the molecule is O=C(CCN1CCC(C2=CCCC(F)=C2)C1)c1ccc2cc3c(cc2c1)OC=CO3. The molecule has 0 radical (unpaired) electrons. The summed E-state index contributed by atoms with van der Waals surface area (Å²) in [7, 11) is 0. The number of halogens is 1. The third-order valence-corrected chi connectivity index (χ3v) is 6.16. The highest BCUT2D eigenvalue weighted by atomic mass is 19.1. The lowest BCUT2D eigenvalue weighted by molar-refractivity contribution is 0.0968. The average molecular weight is 405 g/mol. The molecule has 2 heterocycles. The molecular weight excluding hydrogens is 381 g/mol. The smallest absolute Gasteiger partial charge is 0.169 e. The Bertz CT molecular complexity index is 1090. The molecule has 0 saturated carbocycles. The lowest BCUT2D eigenvalue weighted by Crippen LogP contribution is -2.24. The van der Waals surface area contributed by atoms with Crippen molar-refractivity contribution >= 4 is 16.6 Å². The second-order valence-corrected chi connectivity index (χ2v) is 8.16.